The lowest BCUT2D eigenvalue weighted by atomic mass is 9.98. The summed E-state index contributed by atoms with van der Waals surface area (Å²) in [5, 5.41) is 8.94. The summed E-state index contributed by atoms with van der Waals surface area (Å²) in [4.78, 5) is 15.9. The number of piperidine rings is 1. The summed E-state index contributed by atoms with van der Waals surface area (Å²) in [5.74, 6) is 0. The van der Waals surface area contributed by atoms with E-state index in [1.165, 1.54) is 12.1 Å². The number of fused-ring (bicyclic) bond motifs is 1. The molecule has 1 aromatic carbocycles. The fourth-order valence-corrected chi connectivity index (χ4v) is 3.31. The molecule has 0 radical (unpaired) electrons. The maximum Gasteiger partial charge on any atom is 0.417 e. The molecule has 7 heteroatoms. The number of benzene rings is 1. The summed E-state index contributed by atoms with van der Waals surface area (Å²) in [7, 11) is 0. The highest BCUT2D eigenvalue weighted by atomic mass is 19.4. The van der Waals surface area contributed by atoms with Crippen LogP contribution in [0.15, 0.2) is 29.1 Å². The Kier molecular flexibility index (Phi) is 4.22. The Morgan fingerprint density at radius 2 is 2.08 bits per heavy atom. The van der Waals surface area contributed by atoms with Gasteiger partial charge in [-0.1, -0.05) is 0 Å². The zero-order valence-corrected chi connectivity index (χ0v) is 12.9. The third kappa shape index (κ3) is 3.09. The minimum atomic E-state index is -4.60. The molecule has 0 bridgehead atoms. The topological polar surface area (TPSA) is 59.9 Å². The van der Waals surface area contributed by atoms with Crippen LogP contribution in [0.3, 0.4) is 0 Å². The number of hydrogen-bond donors (Lipinski definition) is 1. The third-order valence-corrected chi connectivity index (χ3v) is 4.42. The van der Waals surface area contributed by atoms with Crippen LogP contribution < -0.4 is 10.5 Å². The average Bonchev–Trinajstić information content (AvgIpc) is 2.54. The van der Waals surface area contributed by atoms with Gasteiger partial charge < -0.3 is 9.88 Å². The van der Waals surface area contributed by atoms with Crippen molar-refractivity contribution < 1.29 is 13.2 Å². The predicted molar refractivity (Wildman–Crippen MR) is 84.8 cm³/mol. The van der Waals surface area contributed by atoms with E-state index >= 15 is 0 Å². The minimum Gasteiger partial charge on any atom is -0.367 e. The molecule has 2 heterocycles. The first-order valence-corrected chi connectivity index (χ1v) is 7.78. The van der Waals surface area contributed by atoms with Crippen LogP contribution in [-0.2, 0) is 6.18 Å². The largest absolute Gasteiger partial charge is 0.417 e. The van der Waals surface area contributed by atoms with Crippen molar-refractivity contribution >= 4 is 16.6 Å². The number of anilines is 1. The van der Waals surface area contributed by atoms with Gasteiger partial charge >= 0.3 is 6.18 Å². The summed E-state index contributed by atoms with van der Waals surface area (Å²) in [6.45, 7) is 0.711. The zero-order chi connectivity index (χ0) is 17.3. The average molecular weight is 335 g/mol. The molecule has 1 aliphatic rings. The van der Waals surface area contributed by atoms with Crippen molar-refractivity contribution in [2.45, 2.75) is 37.9 Å². The molecule has 1 aliphatic heterocycles. The van der Waals surface area contributed by atoms with Crippen molar-refractivity contribution in [3.63, 3.8) is 0 Å². The van der Waals surface area contributed by atoms with Gasteiger partial charge in [-0.3, -0.25) is 4.79 Å². The molecule has 1 saturated heterocycles. The van der Waals surface area contributed by atoms with E-state index in [-0.39, 0.29) is 16.9 Å². The Hall–Kier alpha value is -2.49. The molecular formula is C17H16F3N3O. The summed E-state index contributed by atoms with van der Waals surface area (Å²) < 4.78 is 39.8. The van der Waals surface area contributed by atoms with Crippen molar-refractivity contribution in [3.8, 4) is 6.07 Å². The van der Waals surface area contributed by atoms with Crippen LogP contribution in [0.2, 0.25) is 0 Å². The van der Waals surface area contributed by atoms with E-state index in [2.05, 4.69) is 11.1 Å². The molecule has 0 amide bonds. The fourth-order valence-electron chi connectivity index (χ4n) is 3.31. The van der Waals surface area contributed by atoms with E-state index in [9.17, 15) is 18.0 Å². The molecule has 0 aliphatic carbocycles. The summed E-state index contributed by atoms with van der Waals surface area (Å²) in [6.07, 6.45) is -1.45. The Bertz CT molecular complexity index is 851. The monoisotopic (exact) mass is 335 g/mol. The van der Waals surface area contributed by atoms with Gasteiger partial charge in [-0.2, -0.15) is 18.4 Å². The molecule has 1 fully saturated rings. The number of nitriles is 1. The number of H-pyrrole nitrogens is 1. The highest BCUT2D eigenvalue weighted by Gasteiger charge is 2.33. The molecule has 24 heavy (non-hydrogen) atoms. The number of nitrogens with zero attached hydrogens (tertiary/aromatic N) is 2. The number of halogens is 3. The van der Waals surface area contributed by atoms with Crippen LogP contribution >= 0.6 is 0 Å². The fraction of sp³-hybridized carbons (Fsp3) is 0.412. The van der Waals surface area contributed by atoms with Gasteiger partial charge in [-0.05, 0) is 37.5 Å². The number of aromatic nitrogens is 1. The lowest BCUT2D eigenvalue weighted by Gasteiger charge is -2.36. The van der Waals surface area contributed by atoms with Crippen LogP contribution in [-0.4, -0.2) is 17.6 Å². The summed E-state index contributed by atoms with van der Waals surface area (Å²) in [5.41, 5.74) is -0.896. The van der Waals surface area contributed by atoms with Gasteiger partial charge in [0.1, 0.15) is 0 Å². The van der Waals surface area contributed by atoms with Crippen LogP contribution in [0.25, 0.3) is 10.9 Å². The molecule has 1 atom stereocenters. The van der Waals surface area contributed by atoms with Crippen molar-refractivity contribution in [3.05, 3.63) is 40.2 Å². The highest BCUT2D eigenvalue weighted by molar-refractivity contribution is 5.86. The number of hydrogen-bond acceptors (Lipinski definition) is 3. The molecule has 2 aromatic rings. The van der Waals surface area contributed by atoms with E-state index < -0.39 is 17.3 Å². The number of pyridine rings is 1. The smallest absolute Gasteiger partial charge is 0.367 e. The van der Waals surface area contributed by atoms with Crippen molar-refractivity contribution in [2.75, 3.05) is 11.4 Å². The number of aromatic amines is 1. The van der Waals surface area contributed by atoms with Gasteiger partial charge in [0, 0.05) is 35.2 Å². The maximum atomic E-state index is 13.3. The second kappa shape index (κ2) is 6.19. The van der Waals surface area contributed by atoms with Gasteiger partial charge in [0.25, 0.3) is 0 Å². The normalized spacial score (nSPS) is 18.6. The molecule has 4 nitrogen and oxygen atoms in total. The molecule has 126 valence electrons. The minimum absolute atomic E-state index is 0.0123. The lowest BCUT2D eigenvalue weighted by Crippen LogP contribution is -2.39. The second-order valence-electron chi connectivity index (χ2n) is 5.98. The number of rotatable bonds is 2. The van der Waals surface area contributed by atoms with Crippen molar-refractivity contribution in [2.24, 2.45) is 0 Å². The first kappa shape index (κ1) is 16.4. The highest BCUT2D eigenvalue weighted by Crippen LogP contribution is 2.36. The van der Waals surface area contributed by atoms with Crippen LogP contribution in [0.5, 0.6) is 0 Å². The van der Waals surface area contributed by atoms with Gasteiger partial charge in [-0.25, -0.2) is 0 Å². The zero-order valence-electron chi connectivity index (χ0n) is 12.9. The van der Waals surface area contributed by atoms with Crippen LogP contribution in [0, 0.1) is 11.3 Å². The number of nitrogens with one attached hydrogen (secondary N) is 1. The molecule has 1 aromatic heterocycles. The first-order valence-electron chi connectivity index (χ1n) is 7.78. The Morgan fingerprint density at radius 1 is 1.29 bits per heavy atom. The standard InChI is InChI=1S/C17H16F3N3O/c18-17(19,20)14-10-16(24)22-15-5-4-12(9-13(14)15)23-8-2-1-3-11(23)6-7-21/h4-5,9-11H,1-3,6,8H2,(H,22,24). The van der Waals surface area contributed by atoms with E-state index in [4.69, 9.17) is 5.26 Å². The van der Waals surface area contributed by atoms with E-state index in [0.29, 0.717) is 24.7 Å². The molecule has 3 rings (SSSR count). The Balaban J connectivity index is 2.12. The summed E-state index contributed by atoms with van der Waals surface area (Å²) >= 11 is 0. The van der Waals surface area contributed by atoms with Crippen molar-refractivity contribution in [1.82, 2.24) is 4.98 Å². The van der Waals surface area contributed by atoms with Gasteiger partial charge in [0.2, 0.25) is 5.56 Å². The van der Waals surface area contributed by atoms with E-state index in [0.717, 1.165) is 19.3 Å². The molecule has 0 spiro atoms. The lowest BCUT2D eigenvalue weighted by molar-refractivity contribution is -0.136. The Labute approximate surface area is 136 Å². The second-order valence-corrected chi connectivity index (χ2v) is 5.98. The quantitative estimate of drug-likeness (QED) is 0.907. The predicted octanol–water partition coefficient (Wildman–Crippen LogP) is 3.82. The van der Waals surface area contributed by atoms with E-state index in [1.54, 1.807) is 6.07 Å². The third-order valence-electron chi connectivity index (χ3n) is 4.42. The van der Waals surface area contributed by atoms with Crippen LogP contribution in [0.4, 0.5) is 18.9 Å². The van der Waals surface area contributed by atoms with Crippen LogP contribution in [0.1, 0.15) is 31.2 Å². The van der Waals surface area contributed by atoms with Crippen molar-refractivity contribution in [1.29, 1.82) is 5.26 Å². The molecule has 1 N–H and O–H groups in total. The SMILES string of the molecule is N#CCC1CCCCN1c1ccc2[nH]c(=O)cc(C(F)(F)F)c2c1. The summed E-state index contributed by atoms with van der Waals surface area (Å²) in [6, 6.07) is 7.42. The van der Waals surface area contributed by atoms with Gasteiger partial charge in [0.05, 0.1) is 18.1 Å². The van der Waals surface area contributed by atoms with E-state index in [1.807, 2.05) is 4.90 Å². The van der Waals surface area contributed by atoms with Gasteiger partial charge in [-0.15, -0.1) is 0 Å². The molecule has 0 saturated carbocycles. The van der Waals surface area contributed by atoms with Gasteiger partial charge in [0.15, 0.2) is 0 Å². The molecule has 1 unspecified atom stereocenters. The molecular weight excluding hydrogens is 319 g/mol. The Morgan fingerprint density at radius 3 is 2.79 bits per heavy atom. The maximum absolute atomic E-state index is 13.3. The first-order chi connectivity index (χ1) is 11.4. The number of alkyl halides is 3.